The number of thioether (sulfide) groups is 1. The third-order valence-corrected chi connectivity index (χ3v) is 7.32. The van der Waals surface area contributed by atoms with E-state index in [2.05, 4.69) is 109 Å². The van der Waals surface area contributed by atoms with Crippen molar-refractivity contribution >= 4 is 22.8 Å². The van der Waals surface area contributed by atoms with Crippen molar-refractivity contribution in [3.05, 3.63) is 126 Å². The van der Waals surface area contributed by atoms with Crippen LogP contribution in [0.5, 0.6) is 5.75 Å². The maximum absolute atomic E-state index is 5.99. The molecule has 4 heteroatoms. The van der Waals surface area contributed by atoms with E-state index in [0.717, 1.165) is 36.5 Å². The number of benzene rings is 4. The predicted octanol–water partition coefficient (Wildman–Crippen LogP) is 8.09. The lowest BCUT2D eigenvalue weighted by Crippen LogP contribution is -2.10. The Labute approximate surface area is 211 Å². The van der Waals surface area contributed by atoms with Gasteiger partial charge >= 0.3 is 0 Å². The van der Waals surface area contributed by atoms with Crippen molar-refractivity contribution in [2.24, 2.45) is 0 Å². The summed E-state index contributed by atoms with van der Waals surface area (Å²) in [7, 11) is 0. The van der Waals surface area contributed by atoms with E-state index in [1.165, 1.54) is 21.5 Å². The predicted molar refractivity (Wildman–Crippen MR) is 146 cm³/mol. The first-order chi connectivity index (χ1) is 17.3. The van der Waals surface area contributed by atoms with E-state index >= 15 is 0 Å². The highest BCUT2D eigenvalue weighted by atomic mass is 32.2. The third-order valence-electron chi connectivity index (χ3n) is 6.05. The molecule has 176 valence electrons. The summed E-state index contributed by atoms with van der Waals surface area (Å²) in [6.45, 7) is 3.72. The number of unbranched alkanes of at least 4 members (excludes halogenated alkanes) is 1. The molecule has 1 aromatic heterocycles. The van der Waals surface area contributed by atoms with Crippen LogP contribution in [0.15, 0.2) is 114 Å². The number of hydrogen-bond donors (Lipinski definition) is 0. The average molecular weight is 479 g/mol. The molecule has 1 unspecified atom stereocenters. The zero-order valence-electron chi connectivity index (χ0n) is 20.0. The van der Waals surface area contributed by atoms with E-state index in [0.29, 0.717) is 6.61 Å². The summed E-state index contributed by atoms with van der Waals surface area (Å²) in [6.07, 6.45) is 2.01. The van der Waals surface area contributed by atoms with E-state index in [4.69, 9.17) is 9.72 Å². The quantitative estimate of drug-likeness (QED) is 0.150. The largest absolute Gasteiger partial charge is 0.494 e. The van der Waals surface area contributed by atoms with Crippen LogP contribution < -0.4 is 4.74 Å². The van der Waals surface area contributed by atoms with Crippen molar-refractivity contribution in [3.8, 4) is 5.75 Å². The maximum atomic E-state index is 5.99. The number of nitrogens with zero attached hydrogens (tertiary/aromatic N) is 2. The van der Waals surface area contributed by atoms with E-state index in [1.54, 1.807) is 0 Å². The van der Waals surface area contributed by atoms with Gasteiger partial charge in [-0.05, 0) is 67.3 Å². The third kappa shape index (κ3) is 5.77. The molecule has 5 aromatic rings. The molecule has 5 rings (SSSR count). The first kappa shape index (κ1) is 23.3. The van der Waals surface area contributed by atoms with Crippen LogP contribution in [0.3, 0.4) is 0 Å². The second-order valence-electron chi connectivity index (χ2n) is 8.70. The molecule has 0 N–H and O–H groups in total. The van der Waals surface area contributed by atoms with Gasteiger partial charge in [-0.15, -0.1) is 11.8 Å². The Morgan fingerprint density at radius 2 is 1.54 bits per heavy atom. The van der Waals surface area contributed by atoms with E-state index in [-0.39, 0.29) is 5.25 Å². The van der Waals surface area contributed by atoms with Crippen LogP contribution in [0.1, 0.15) is 35.0 Å². The van der Waals surface area contributed by atoms with Crippen LogP contribution in [0.4, 0.5) is 0 Å². The van der Waals surface area contributed by atoms with Gasteiger partial charge in [0.25, 0.3) is 0 Å². The smallest absolute Gasteiger partial charge is 0.127 e. The molecule has 4 aromatic carbocycles. The van der Waals surface area contributed by atoms with Crippen molar-refractivity contribution in [2.45, 2.75) is 36.5 Å². The number of imidazole rings is 1. The summed E-state index contributed by atoms with van der Waals surface area (Å²) in [6, 6.07) is 38.1. The Balaban J connectivity index is 1.39. The summed E-state index contributed by atoms with van der Waals surface area (Å²) >= 11 is 1.86. The second-order valence-corrected chi connectivity index (χ2v) is 9.88. The van der Waals surface area contributed by atoms with E-state index in [9.17, 15) is 0 Å². The number of aryl methyl sites for hydroxylation is 2. The van der Waals surface area contributed by atoms with Crippen LogP contribution in [0.25, 0.3) is 11.0 Å². The minimum absolute atomic E-state index is 0.106. The molecule has 0 aliphatic rings. The van der Waals surface area contributed by atoms with Crippen LogP contribution in [-0.4, -0.2) is 16.2 Å². The highest BCUT2D eigenvalue weighted by Crippen LogP contribution is 2.41. The van der Waals surface area contributed by atoms with Gasteiger partial charge in [0.1, 0.15) is 11.6 Å². The van der Waals surface area contributed by atoms with Crippen LogP contribution in [-0.2, 0) is 6.54 Å². The van der Waals surface area contributed by atoms with Gasteiger partial charge in [-0.25, -0.2) is 4.98 Å². The van der Waals surface area contributed by atoms with Crippen LogP contribution >= 0.6 is 11.8 Å². The molecule has 0 bridgehead atoms. The molecule has 0 saturated heterocycles. The molecule has 0 radical (unpaired) electrons. The van der Waals surface area contributed by atoms with Gasteiger partial charge in [0, 0.05) is 11.4 Å². The van der Waals surface area contributed by atoms with Crippen molar-refractivity contribution in [3.63, 3.8) is 0 Å². The highest BCUT2D eigenvalue weighted by molar-refractivity contribution is 7.99. The SMILES string of the molecule is Cc1cccc(OCCCCn2c(C(Sc3ccccc3)c3ccccc3)nc3ccccc32)c1. The monoisotopic (exact) mass is 478 g/mol. The number of ether oxygens (including phenoxy) is 1. The Morgan fingerprint density at radius 1 is 0.800 bits per heavy atom. The topological polar surface area (TPSA) is 27.1 Å². The van der Waals surface area contributed by atoms with E-state index < -0.39 is 0 Å². The maximum Gasteiger partial charge on any atom is 0.127 e. The molecular weight excluding hydrogens is 448 g/mol. The van der Waals surface area contributed by atoms with Crippen molar-refractivity contribution in [2.75, 3.05) is 6.61 Å². The fourth-order valence-corrected chi connectivity index (χ4v) is 5.49. The first-order valence-electron chi connectivity index (χ1n) is 12.2. The fraction of sp³-hybridized carbons (Fsp3) is 0.194. The van der Waals surface area contributed by atoms with Gasteiger partial charge < -0.3 is 9.30 Å². The normalized spacial score (nSPS) is 12.0. The molecule has 1 heterocycles. The van der Waals surface area contributed by atoms with Gasteiger partial charge in [0.15, 0.2) is 0 Å². The number of aromatic nitrogens is 2. The minimum Gasteiger partial charge on any atom is -0.494 e. The number of hydrogen-bond acceptors (Lipinski definition) is 3. The minimum atomic E-state index is 0.106. The molecular formula is C31H30N2OS. The Bertz CT molecular complexity index is 1360. The van der Waals surface area contributed by atoms with Crippen LogP contribution in [0, 0.1) is 6.92 Å². The summed E-state index contributed by atoms with van der Waals surface area (Å²) in [5, 5.41) is 0.106. The lowest BCUT2D eigenvalue weighted by atomic mass is 10.1. The van der Waals surface area contributed by atoms with Crippen molar-refractivity contribution in [1.29, 1.82) is 0 Å². The fourth-order valence-electron chi connectivity index (χ4n) is 4.33. The summed E-state index contributed by atoms with van der Waals surface area (Å²) in [4.78, 5) is 6.39. The number of rotatable bonds is 10. The van der Waals surface area contributed by atoms with Gasteiger partial charge in [-0.2, -0.15) is 0 Å². The van der Waals surface area contributed by atoms with Gasteiger partial charge in [-0.1, -0.05) is 72.8 Å². The Kier molecular flexibility index (Phi) is 7.50. The molecule has 0 fully saturated rings. The van der Waals surface area contributed by atoms with Crippen molar-refractivity contribution in [1.82, 2.24) is 9.55 Å². The summed E-state index contributed by atoms with van der Waals surface area (Å²) in [5.41, 5.74) is 4.73. The Morgan fingerprint density at radius 3 is 2.34 bits per heavy atom. The zero-order chi connectivity index (χ0) is 23.9. The highest BCUT2D eigenvalue weighted by Gasteiger charge is 2.23. The Hall–Kier alpha value is -3.50. The standard InChI is InChI=1S/C31H30N2OS/c1-24-13-12-16-26(23-24)34-22-11-10-21-33-29-20-9-8-19-28(29)32-31(33)30(25-14-4-2-5-15-25)35-27-17-6-3-7-18-27/h2-9,12-20,23,30H,10-11,21-22H2,1H3. The second kappa shape index (κ2) is 11.3. The summed E-state index contributed by atoms with van der Waals surface area (Å²) < 4.78 is 8.40. The van der Waals surface area contributed by atoms with Gasteiger partial charge in [-0.3, -0.25) is 0 Å². The van der Waals surface area contributed by atoms with Gasteiger partial charge in [0.05, 0.1) is 22.9 Å². The molecule has 0 aliphatic heterocycles. The summed E-state index contributed by atoms with van der Waals surface area (Å²) in [5.74, 6) is 2.05. The zero-order valence-corrected chi connectivity index (χ0v) is 20.8. The molecule has 0 aliphatic carbocycles. The molecule has 3 nitrogen and oxygen atoms in total. The van der Waals surface area contributed by atoms with E-state index in [1.807, 2.05) is 23.9 Å². The molecule has 0 amide bonds. The number of para-hydroxylation sites is 2. The lowest BCUT2D eigenvalue weighted by molar-refractivity contribution is 0.303. The van der Waals surface area contributed by atoms with Crippen LogP contribution in [0.2, 0.25) is 0 Å². The molecule has 35 heavy (non-hydrogen) atoms. The molecule has 1 atom stereocenters. The first-order valence-corrected chi connectivity index (χ1v) is 13.1. The number of fused-ring (bicyclic) bond motifs is 1. The van der Waals surface area contributed by atoms with Crippen molar-refractivity contribution < 1.29 is 4.74 Å². The molecule has 0 saturated carbocycles. The average Bonchev–Trinajstić information content (AvgIpc) is 3.26. The van der Waals surface area contributed by atoms with Gasteiger partial charge in [0.2, 0.25) is 0 Å². The lowest BCUT2D eigenvalue weighted by Gasteiger charge is -2.19. The molecule has 0 spiro atoms.